The minimum Gasteiger partial charge on any atom is -0.484 e. The molecule has 0 radical (unpaired) electrons. The fourth-order valence-electron chi connectivity index (χ4n) is 2.70. The Morgan fingerprint density at radius 2 is 1.71 bits per heavy atom. The van der Waals surface area contributed by atoms with Crippen LogP contribution in [-0.4, -0.2) is 18.1 Å². The smallest absolute Gasteiger partial charge is 0.258 e. The van der Waals surface area contributed by atoms with Crippen molar-refractivity contribution in [3.63, 3.8) is 0 Å². The number of benzene rings is 2. The SMILES string of the molecule is Cc1cc(OCC(=O)NC(C)(C)Cc2ccccc2)cc(C)c1Cl. The van der Waals surface area contributed by atoms with Crippen molar-refractivity contribution in [2.75, 3.05) is 6.61 Å². The molecule has 0 fully saturated rings. The molecule has 1 N–H and O–H groups in total. The van der Waals surface area contributed by atoms with Gasteiger partial charge in [-0.05, 0) is 62.9 Å². The molecule has 24 heavy (non-hydrogen) atoms. The van der Waals surface area contributed by atoms with Gasteiger partial charge < -0.3 is 10.1 Å². The van der Waals surface area contributed by atoms with Crippen LogP contribution in [0.2, 0.25) is 5.02 Å². The van der Waals surface area contributed by atoms with Crippen molar-refractivity contribution in [1.29, 1.82) is 0 Å². The molecule has 0 unspecified atom stereocenters. The predicted octanol–water partition coefficient (Wildman–Crippen LogP) is 4.47. The monoisotopic (exact) mass is 345 g/mol. The van der Waals surface area contributed by atoms with Gasteiger partial charge in [0.05, 0.1) is 0 Å². The number of nitrogens with one attached hydrogen (secondary N) is 1. The number of aryl methyl sites for hydroxylation is 2. The summed E-state index contributed by atoms with van der Waals surface area (Å²) in [5.74, 6) is 0.520. The zero-order valence-electron chi connectivity index (χ0n) is 14.7. The molecule has 0 atom stereocenters. The van der Waals surface area contributed by atoms with Crippen LogP contribution < -0.4 is 10.1 Å². The topological polar surface area (TPSA) is 38.3 Å². The molecule has 0 aromatic heterocycles. The van der Waals surface area contributed by atoms with Crippen LogP contribution in [0.25, 0.3) is 0 Å². The van der Waals surface area contributed by atoms with Gasteiger partial charge in [0, 0.05) is 10.6 Å². The average molecular weight is 346 g/mol. The van der Waals surface area contributed by atoms with Gasteiger partial charge in [0.25, 0.3) is 5.91 Å². The molecule has 0 aliphatic heterocycles. The molecule has 2 rings (SSSR count). The van der Waals surface area contributed by atoms with E-state index < -0.39 is 0 Å². The van der Waals surface area contributed by atoms with E-state index in [1.165, 1.54) is 5.56 Å². The number of hydrogen-bond donors (Lipinski definition) is 1. The minimum absolute atomic E-state index is 0.0151. The second-order valence-corrected chi connectivity index (χ2v) is 7.13. The maximum Gasteiger partial charge on any atom is 0.258 e. The highest BCUT2D eigenvalue weighted by Crippen LogP contribution is 2.25. The number of halogens is 1. The van der Waals surface area contributed by atoms with Crippen molar-refractivity contribution >= 4 is 17.5 Å². The van der Waals surface area contributed by atoms with E-state index in [-0.39, 0.29) is 18.1 Å². The van der Waals surface area contributed by atoms with Gasteiger partial charge in [-0.1, -0.05) is 41.9 Å². The van der Waals surface area contributed by atoms with Crippen LogP contribution in [0.3, 0.4) is 0 Å². The summed E-state index contributed by atoms with van der Waals surface area (Å²) in [5.41, 5.74) is 2.73. The highest BCUT2D eigenvalue weighted by atomic mass is 35.5. The number of amides is 1. The lowest BCUT2D eigenvalue weighted by Crippen LogP contribution is -2.47. The van der Waals surface area contributed by atoms with Gasteiger partial charge >= 0.3 is 0 Å². The first-order valence-corrected chi connectivity index (χ1v) is 8.39. The zero-order chi connectivity index (χ0) is 17.7. The molecule has 0 aliphatic carbocycles. The van der Waals surface area contributed by atoms with E-state index in [9.17, 15) is 4.79 Å². The fourth-order valence-corrected chi connectivity index (χ4v) is 2.81. The van der Waals surface area contributed by atoms with Crippen LogP contribution in [0.15, 0.2) is 42.5 Å². The highest BCUT2D eigenvalue weighted by molar-refractivity contribution is 6.32. The molecule has 4 heteroatoms. The third-order valence-electron chi connectivity index (χ3n) is 3.75. The number of hydrogen-bond acceptors (Lipinski definition) is 2. The van der Waals surface area contributed by atoms with Gasteiger partial charge in [-0.3, -0.25) is 4.79 Å². The van der Waals surface area contributed by atoms with Crippen LogP contribution in [0.4, 0.5) is 0 Å². The van der Waals surface area contributed by atoms with Crippen molar-refractivity contribution in [1.82, 2.24) is 5.32 Å². The Morgan fingerprint density at radius 1 is 1.12 bits per heavy atom. The summed E-state index contributed by atoms with van der Waals surface area (Å²) in [6.45, 7) is 7.85. The Bertz CT molecular complexity index is 688. The number of carbonyl (C=O) groups excluding carboxylic acids is 1. The standard InChI is InChI=1S/C20H24ClNO2/c1-14-10-17(11-15(2)19(14)21)24-13-18(23)22-20(3,4)12-16-8-6-5-7-9-16/h5-11H,12-13H2,1-4H3,(H,22,23). The molecule has 2 aromatic carbocycles. The second kappa shape index (κ2) is 7.71. The summed E-state index contributed by atoms with van der Waals surface area (Å²) in [5, 5.41) is 3.76. The Hall–Kier alpha value is -2.00. The number of ether oxygens (including phenoxy) is 1. The normalized spacial score (nSPS) is 11.2. The van der Waals surface area contributed by atoms with Crippen molar-refractivity contribution in [3.8, 4) is 5.75 Å². The van der Waals surface area contributed by atoms with Gasteiger partial charge in [-0.2, -0.15) is 0 Å². The summed E-state index contributed by atoms with van der Waals surface area (Å²) >= 11 is 6.14. The molecule has 128 valence electrons. The summed E-state index contributed by atoms with van der Waals surface area (Å²) in [4.78, 5) is 12.2. The largest absolute Gasteiger partial charge is 0.484 e. The molecule has 0 saturated heterocycles. The van der Waals surface area contributed by atoms with E-state index in [0.717, 1.165) is 22.6 Å². The third kappa shape index (κ3) is 5.27. The lowest BCUT2D eigenvalue weighted by molar-refractivity contribution is -0.124. The molecule has 0 bridgehead atoms. The van der Waals surface area contributed by atoms with Gasteiger partial charge in [-0.15, -0.1) is 0 Å². The van der Waals surface area contributed by atoms with Crippen molar-refractivity contribution < 1.29 is 9.53 Å². The number of rotatable bonds is 6. The first-order valence-electron chi connectivity index (χ1n) is 8.01. The van der Waals surface area contributed by atoms with Crippen LogP contribution in [0.1, 0.15) is 30.5 Å². The van der Waals surface area contributed by atoms with Crippen LogP contribution in [-0.2, 0) is 11.2 Å². The van der Waals surface area contributed by atoms with Gasteiger partial charge in [0.1, 0.15) is 5.75 Å². The Labute approximate surface area is 149 Å². The lowest BCUT2D eigenvalue weighted by Gasteiger charge is -2.26. The van der Waals surface area contributed by atoms with E-state index in [2.05, 4.69) is 17.4 Å². The van der Waals surface area contributed by atoms with Crippen molar-refractivity contribution in [2.24, 2.45) is 0 Å². The molecule has 2 aromatic rings. The molecular formula is C20H24ClNO2. The summed E-state index contributed by atoms with van der Waals surface area (Å²) in [7, 11) is 0. The highest BCUT2D eigenvalue weighted by Gasteiger charge is 2.21. The molecule has 0 spiro atoms. The Balaban J connectivity index is 1.91. The predicted molar refractivity (Wildman–Crippen MR) is 98.8 cm³/mol. The third-order valence-corrected chi connectivity index (χ3v) is 4.34. The van der Waals surface area contributed by atoms with E-state index in [0.29, 0.717) is 5.75 Å². The maximum atomic E-state index is 12.2. The van der Waals surface area contributed by atoms with E-state index in [4.69, 9.17) is 16.3 Å². The molecule has 1 amide bonds. The van der Waals surface area contributed by atoms with Crippen LogP contribution in [0, 0.1) is 13.8 Å². The molecule has 0 aliphatic rings. The van der Waals surface area contributed by atoms with Gasteiger partial charge in [0.2, 0.25) is 0 Å². The van der Waals surface area contributed by atoms with Gasteiger partial charge in [0.15, 0.2) is 6.61 Å². The first-order chi connectivity index (χ1) is 11.3. The molecule has 0 heterocycles. The fraction of sp³-hybridized carbons (Fsp3) is 0.350. The van der Waals surface area contributed by atoms with Crippen LogP contribution in [0.5, 0.6) is 5.75 Å². The lowest BCUT2D eigenvalue weighted by atomic mass is 9.95. The molecular weight excluding hydrogens is 322 g/mol. The molecule has 3 nitrogen and oxygen atoms in total. The molecule has 0 saturated carbocycles. The minimum atomic E-state index is -0.340. The Morgan fingerprint density at radius 3 is 2.29 bits per heavy atom. The quantitative estimate of drug-likeness (QED) is 0.838. The number of carbonyl (C=O) groups is 1. The van der Waals surface area contributed by atoms with Gasteiger partial charge in [-0.25, -0.2) is 0 Å². The average Bonchev–Trinajstić information content (AvgIpc) is 2.50. The van der Waals surface area contributed by atoms with Crippen molar-refractivity contribution in [2.45, 2.75) is 39.7 Å². The van der Waals surface area contributed by atoms with E-state index >= 15 is 0 Å². The van der Waals surface area contributed by atoms with Crippen LogP contribution >= 0.6 is 11.6 Å². The second-order valence-electron chi connectivity index (χ2n) is 6.75. The zero-order valence-corrected chi connectivity index (χ0v) is 15.4. The summed E-state index contributed by atoms with van der Waals surface area (Å²) in [6, 6.07) is 13.8. The Kier molecular flexibility index (Phi) is 5.89. The first kappa shape index (κ1) is 18.3. The van der Waals surface area contributed by atoms with Crippen molar-refractivity contribution in [3.05, 3.63) is 64.2 Å². The van der Waals surface area contributed by atoms with E-state index in [1.54, 1.807) is 0 Å². The maximum absolute atomic E-state index is 12.2. The van der Waals surface area contributed by atoms with E-state index in [1.807, 2.05) is 58.0 Å². The summed E-state index contributed by atoms with van der Waals surface area (Å²) < 4.78 is 5.61. The summed E-state index contributed by atoms with van der Waals surface area (Å²) in [6.07, 6.45) is 0.763.